The molecule has 0 radical (unpaired) electrons. The monoisotopic (exact) mass is 297 g/mol. The minimum absolute atomic E-state index is 0.0192. The first-order valence-electron chi connectivity index (χ1n) is 4.95. The summed E-state index contributed by atoms with van der Waals surface area (Å²) >= 11 is 4.84. The van der Waals surface area contributed by atoms with Crippen molar-refractivity contribution in [2.24, 2.45) is 5.73 Å². The van der Waals surface area contributed by atoms with Gasteiger partial charge in [0.1, 0.15) is 0 Å². The second-order valence-electron chi connectivity index (χ2n) is 3.66. The molecular formula is C11H12BrN3S. The molecule has 0 amide bonds. The van der Waals surface area contributed by atoms with Crippen LogP contribution in [0, 0.1) is 6.92 Å². The standard InChI is InChI=1S/C11H12BrN3S/c1-7-11(16-15-14-7)10(13)6-8-3-2-4-9(12)5-8/h2-5,10H,6,13H2,1H3. The summed E-state index contributed by atoms with van der Waals surface area (Å²) in [6, 6.07) is 8.17. The van der Waals surface area contributed by atoms with Crippen molar-refractivity contribution in [1.29, 1.82) is 0 Å². The number of aryl methyl sites for hydroxylation is 1. The maximum Gasteiger partial charge on any atom is 0.0772 e. The molecule has 2 N–H and O–H groups in total. The fourth-order valence-corrected chi connectivity index (χ4v) is 2.68. The molecular weight excluding hydrogens is 286 g/mol. The van der Waals surface area contributed by atoms with Gasteiger partial charge in [-0.25, -0.2) is 0 Å². The van der Waals surface area contributed by atoms with Gasteiger partial charge in [0.05, 0.1) is 10.6 Å². The second-order valence-corrected chi connectivity index (χ2v) is 5.36. The van der Waals surface area contributed by atoms with Gasteiger partial charge in [0.25, 0.3) is 0 Å². The van der Waals surface area contributed by atoms with Gasteiger partial charge in [-0.3, -0.25) is 0 Å². The van der Waals surface area contributed by atoms with Gasteiger partial charge in [-0.2, -0.15) is 0 Å². The van der Waals surface area contributed by atoms with Gasteiger partial charge in [0.15, 0.2) is 0 Å². The van der Waals surface area contributed by atoms with Crippen molar-refractivity contribution < 1.29 is 0 Å². The van der Waals surface area contributed by atoms with E-state index in [2.05, 4.69) is 37.6 Å². The third-order valence-electron chi connectivity index (χ3n) is 2.37. The molecule has 0 aliphatic heterocycles. The highest BCUT2D eigenvalue weighted by molar-refractivity contribution is 9.10. The molecule has 16 heavy (non-hydrogen) atoms. The average molecular weight is 298 g/mol. The van der Waals surface area contributed by atoms with E-state index in [0.717, 1.165) is 21.5 Å². The Morgan fingerprint density at radius 3 is 2.94 bits per heavy atom. The number of benzene rings is 1. The molecule has 0 bridgehead atoms. The molecule has 1 atom stereocenters. The first-order chi connectivity index (χ1) is 7.66. The highest BCUT2D eigenvalue weighted by Crippen LogP contribution is 2.22. The molecule has 0 saturated carbocycles. The number of hydrogen-bond donors (Lipinski definition) is 1. The Hall–Kier alpha value is -0.780. The lowest BCUT2D eigenvalue weighted by Crippen LogP contribution is -2.13. The molecule has 84 valence electrons. The third kappa shape index (κ3) is 2.66. The SMILES string of the molecule is Cc1nnsc1C(N)Cc1cccc(Br)c1. The van der Waals surface area contributed by atoms with Crippen LogP contribution < -0.4 is 5.73 Å². The molecule has 3 nitrogen and oxygen atoms in total. The normalized spacial score (nSPS) is 12.7. The van der Waals surface area contributed by atoms with E-state index in [-0.39, 0.29) is 6.04 Å². The highest BCUT2D eigenvalue weighted by atomic mass is 79.9. The number of halogens is 1. The molecule has 2 rings (SSSR count). The first kappa shape index (κ1) is 11.7. The molecule has 0 spiro atoms. The molecule has 1 heterocycles. The van der Waals surface area contributed by atoms with Crippen LogP contribution in [0.4, 0.5) is 0 Å². The summed E-state index contributed by atoms with van der Waals surface area (Å²) in [5.41, 5.74) is 8.29. The van der Waals surface area contributed by atoms with Crippen LogP contribution in [0.1, 0.15) is 22.2 Å². The summed E-state index contributed by atoms with van der Waals surface area (Å²) in [6.07, 6.45) is 0.810. The van der Waals surface area contributed by atoms with E-state index >= 15 is 0 Å². The molecule has 0 aliphatic carbocycles. The molecule has 1 aromatic heterocycles. The summed E-state index contributed by atoms with van der Waals surface area (Å²) < 4.78 is 4.98. The van der Waals surface area contributed by atoms with Gasteiger partial charge in [-0.05, 0) is 42.6 Å². The molecule has 0 saturated heterocycles. The zero-order chi connectivity index (χ0) is 11.5. The summed E-state index contributed by atoms with van der Waals surface area (Å²) in [7, 11) is 0. The van der Waals surface area contributed by atoms with Crippen LogP contribution in [-0.2, 0) is 6.42 Å². The zero-order valence-electron chi connectivity index (χ0n) is 8.85. The minimum Gasteiger partial charge on any atom is -0.323 e. The van der Waals surface area contributed by atoms with Crippen LogP contribution in [0.5, 0.6) is 0 Å². The maximum absolute atomic E-state index is 6.14. The van der Waals surface area contributed by atoms with E-state index in [1.54, 1.807) is 0 Å². The number of nitrogens with two attached hydrogens (primary N) is 1. The van der Waals surface area contributed by atoms with Gasteiger partial charge in [-0.1, -0.05) is 32.6 Å². The first-order valence-corrected chi connectivity index (χ1v) is 6.52. The lowest BCUT2D eigenvalue weighted by atomic mass is 10.0. The van der Waals surface area contributed by atoms with E-state index in [1.807, 2.05) is 19.1 Å². The van der Waals surface area contributed by atoms with Crippen LogP contribution in [0.15, 0.2) is 28.7 Å². The van der Waals surface area contributed by atoms with Crippen LogP contribution in [0.25, 0.3) is 0 Å². The molecule has 5 heteroatoms. The Balaban J connectivity index is 2.14. The molecule has 1 unspecified atom stereocenters. The number of nitrogens with zero attached hydrogens (tertiary/aromatic N) is 2. The largest absolute Gasteiger partial charge is 0.323 e. The van der Waals surface area contributed by atoms with E-state index in [4.69, 9.17) is 5.73 Å². The predicted molar refractivity (Wildman–Crippen MR) is 69.4 cm³/mol. The lowest BCUT2D eigenvalue weighted by molar-refractivity contribution is 0.728. The van der Waals surface area contributed by atoms with Crippen molar-refractivity contribution in [2.45, 2.75) is 19.4 Å². The average Bonchev–Trinajstić information content (AvgIpc) is 2.64. The van der Waals surface area contributed by atoms with Crippen molar-refractivity contribution in [1.82, 2.24) is 9.59 Å². The topological polar surface area (TPSA) is 51.8 Å². The van der Waals surface area contributed by atoms with Gasteiger partial charge in [-0.15, -0.1) is 5.10 Å². The van der Waals surface area contributed by atoms with Gasteiger partial charge < -0.3 is 5.73 Å². The number of rotatable bonds is 3. The summed E-state index contributed by atoms with van der Waals surface area (Å²) in [5, 5.41) is 3.98. The van der Waals surface area contributed by atoms with Gasteiger partial charge in [0.2, 0.25) is 0 Å². The van der Waals surface area contributed by atoms with E-state index in [1.165, 1.54) is 17.1 Å². The summed E-state index contributed by atoms with van der Waals surface area (Å²) in [6.45, 7) is 1.94. The van der Waals surface area contributed by atoms with Crippen molar-refractivity contribution in [2.75, 3.05) is 0 Å². The molecule has 1 aromatic carbocycles. The van der Waals surface area contributed by atoms with Crippen LogP contribution in [0.3, 0.4) is 0 Å². The molecule has 2 aromatic rings. The quantitative estimate of drug-likeness (QED) is 0.948. The zero-order valence-corrected chi connectivity index (χ0v) is 11.3. The minimum atomic E-state index is -0.0192. The third-order valence-corrected chi connectivity index (χ3v) is 3.82. The summed E-state index contributed by atoms with van der Waals surface area (Å²) in [5.74, 6) is 0. The Labute approximate surface area is 107 Å². The Morgan fingerprint density at radius 2 is 2.31 bits per heavy atom. The smallest absolute Gasteiger partial charge is 0.0772 e. The van der Waals surface area contributed by atoms with Crippen LogP contribution in [0.2, 0.25) is 0 Å². The lowest BCUT2D eigenvalue weighted by Gasteiger charge is -2.09. The van der Waals surface area contributed by atoms with Crippen LogP contribution in [-0.4, -0.2) is 9.59 Å². The fourth-order valence-electron chi connectivity index (χ4n) is 1.59. The van der Waals surface area contributed by atoms with Crippen molar-refractivity contribution in [3.63, 3.8) is 0 Å². The van der Waals surface area contributed by atoms with E-state index in [9.17, 15) is 0 Å². The molecule has 0 fully saturated rings. The predicted octanol–water partition coefficient (Wildman–Crippen LogP) is 2.85. The van der Waals surface area contributed by atoms with Gasteiger partial charge in [0, 0.05) is 10.5 Å². The highest BCUT2D eigenvalue weighted by Gasteiger charge is 2.13. The van der Waals surface area contributed by atoms with E-state index < -0.39 is 0 Å². The Bertz CT molecular complexity index is 484. The second kappa shape index (κ2) is 5.03. The Kier molecular flexibility index (Phi) is 3.68. The van der Waals surface area contributed by atoms with Crippen molar-refractivity contribution in [3.05, 3.63) is 44.9 Å². The summed E-state index contributed by atoms with van der Waals surface area (Å²) in [4.78, 5) is 1.07. The van der Waals surface area contributed by atoms with Crippen LogP contribution >= 0.6 is 27.5 Å². The van der Waals surface area contributed by atoms with Gasteiger partial charge >= 0.3 is 0 Å². The van der Waals surface area contributed by atoms with E-state index in [0.29, 0.717) is 0 Å². The number of hydrogen-bond acceptors (Lipinski definition) is 4. The van der Waals surface area contributed by atoms with Crippen molar-refractivity contribution >= 4 is 27.5 Å². The van der Waals surface area contributed by atoms with Crippen molar-refractivity contribution in [3.8, 4) is 0 Å². The molecule has 0 aliphatic rings. The Morgan fingerprint density at radius 1 is 1.50 bits per heavy atom. The fraction of sp³-hybridized carbons (Fsp3) is 0.273. The maximum atomic E-state index is 6.14. The number of aromatic nitrogens is 2.